The smallest absolute Gasteiger partial charge is 0.303 e. The lowest BCUT2D eigenvalue weighted by molar-refractivity contribution is -0.138. The summed E-state index contributed by atoms with van der Waals surface area (Å²) in [6, 6.07) is 0. The van der Waals surface area contributed by atoms with Crippen molar-refractivity contribution in [1.29, 1.82) is 0 Å². The van der Waals surface area contributed by atoms with E-state index in [0.29, 0.717) is 23.2 Å². The monoisotopic (exact) mass is 306 g/mol. The normalized spacial score (nSPS) is 35.7. The lowest BCUT2D eigenvalue weighted by Crippen LogP contribution is -2.49. The summed E-state index contributed by atoms with van der Waals surface area (Å²) in [5.74, 6) is 0.977. The molecule has 2 rings (SSSR count). The Bertz CT molecular complexity index is 437. The van der Waals surface area contributed by atoms with E-state index >= 15 is 0 Å². The van der Waals surface area contributed by atoms with Crippen molar-refractivity contribution in [3.63, 3.8) is 0 Å². The number of hydrogen-bond acceptors (Lipinski definition) is 1. The molecule has 2 aliphatic carbocycles. The molecule has 4 atom stereocenters. The zero-order valence-corrected chi connectivity index (χ0v) is 15.0. The predicted octanol–water partition coefficient (Wildman–Crippen LogP) is 5.68. The van der Waals surface area contributed by atoms with E-state index in [1.807, 2.05) is 0 Å². The van der Waals surface area contributed by atoms with E-state index in [4.69, 9.17) is 5.11 Å². The Balaban J connectivity index is 2.10. The van der Waals surface area contributed by atoms with Gasteiger partial charge in [-0.3, -0.25) is 4.79 Å². The average molecular weight is 306 g/mol. The summed E-state index contributed by atoms with van der Waals surface area (Å²) in [4.78, 5) is 10.9. The van der Waals surface area contributed by atoms with Crippen molar-refractivity contribution in [2.45, 2.75) is 79.1 Å². The molecule has 0 heterocycles. The molecular formula is C20H34O2. The third-order valence-electron chi connectivity index (χ3n) is 6.79. The molecule has 126 valence electrons. The third kappa shape index (κ3) is 3.41. The summed E-state index contributed by atoms with van der Waals surface area (Å²) in [7, 11) is 0. The van der Waals surface area contributed by atoms with Crippen molar-refractivity contribution in [2.24, 2.45) is 28.6 Å². The van der Waals surface area contributed by atoms with E-state index < -0.39 is 5.97 Å². The van der Waals surface area contributed by atoms with E-state index in [9.17, 15) is 4.79 Å². The average Bonchev–Trinajstić information content (AvgIpc) is 2.35. The maximum absolute atomic E-state index is 10.9. The van der Waals surface area contributed by atoms with Gasteiger partial charge in [0.05, 0.1) is 0 Å². The zero-order valence-electron chi connectivity index (χ0n) is 15.0. The number of carboxylic acids is 1. The van der Waals surface area contributed by atoms with Gasteiger partial charge in [0.15, 0.2) is 0 Å². The van der Waals surface area contributed by atoms with Crippen molar-refractivity contribution >= 4 is 5.97 Å². The Morgan fingerprint density at radius 1 is 1.36 bits per heavy atom. The first-order chi connectivity index (χ1) is 10.2. The summed E-state index contributed by atoms with van der Waals surface area (Å²) >= 11 is 0. The highest BCUT2D eigenvalue weighted by atomic mass is 16.4. The van der Waals surface area contributed by atoms with Crippen LogP contribution in [0, 0.1) is 28.6 Å². The van der Waals surface area contributed by atoms with Gasteiger partial charge < -0.3 is 5.11 Å². The van der Waals surface area contributed by atoms with Crippen molar-refractivity contribution < 1.29 is 9.90 Å². The number of aliphatic carboxylic acids is 1. The summed E-state index contributed by atoms with van der Waals surface area (Å²) in [5, 5.41) is 8.96. The Hall–Kier alpha value is -0.790. The second kappa shape index (κ2) is 6.37. The SMILES string of the molecule is C=C1CC[C@@H]2C(C)(C)CCC[C@@]2(C)[C@@H]1CC[C@@H](C)CC(=O)O. The molecule has 0 saturated heterocycles. The van der Waals surface area contributed by atoms with Crippen molar-refractivity contribution in [2.75, 3.05) is 0 Å². The predicted molar refractivity (Wildman–Crippen MR) is 91.7 cm³/mol. The first kappa shape index (κ1) is 17.6. The molecule has 0 spiro atoms. The standard InChI is InChI=1S/C20H34O2/c1-14(13-18(21)22)7-9-16-15(2)8-10-17-19(3,4)11-6-12-20(16,17)5/h14,16-17H,2,6-13H2,1,3-5H3,(H,21,22)/t14-,16-,17-,20+/m1/s1. The molecule has 0 aromatic rings. The van der Waals surface area contributed by atoms with Crippen LogP contribution in [0.5, 0.6) is 0 Å². The van der Waals surface area contributed by atoms with Crippen LogP contribution in [-0.4, -0.2) is 11.1 Å². The molecule has 0 bridgehead atoms. The molecular weight excluding hydrogens is 272 g/mol. The molecule has 0 amide bonds. The van der Waals surface area contributed by atoms with Crippen LogP contribution in [0.2, 0.25) is 0 Å². The molecule has 0 aromatic carbocycles. The fourth-order valence-electron chi connectivity index (χ4n) is 5.66. The summed E-state index contributed by atoms with van der Waals surface area (Å²) in [6.07, 6.45) is 8.89. The van der Waals surface area contributed by atoms with Gasteiger partial charge in [-0.1, -0.05) is 46.3 Å². The van der Waals surface area contributed by atoms with Crippen LogP contribution >= 0.6 is 0 Å². The number of allylic oxidation sites excluding steroid dienone is 1. The number of hydrogen-bond donors (Lipinski definition) is 1. The summed E-state index contributed by atoms with van der Waals surface area (Å²) in [6.45, 7) is 13.9. The first-order valence-corrected chi connectivity index (χ1v) is 9.06. The lowest BCUT2D eigenvalue weighted by atomic mass is 9.47. The van der Waals surface area contributed by atoms with Gasteiger partial charge in [-0.05, 0) is 67.1 Å². The van der Waals surface area contributed by atoms with Crippen LogP contribution in [0.4, 0.5) is 0 Å². The third-order valence-corrected chi connectivity index (χ3v) is 6.79. The van der Waals surface area contributed by atoms with Crippen LogP contribution in [0.25, 0.3) is 0 Å². The number of carboxylic acid groups (broad SMARTS) is 1. The number of carbonyl (C=O) groups is 1. The Morgan fingerprint density at radius 2 is 2.05 bits per heavy atom. The Morgan fingerprint density at radius 3 is 2.68 bits per heavy atom. The van der Waals surface area contributed by atoms with Crippen LogP contribution in [-0.2, 0) is 4.79 Å². The molecule has 2 nitrogen and oxygen atoms in total. The quantitative estimate of drug-likeness (QED) is 0.664. The van der Waals surface area contributed by atoms with E-state index in [-0.39, 0.29) is 5.92 Å². The highest BCUT2D eigenvalue weighted by Gasteiger charge is 2.52. The summed E-state index contributed by atoms with van der Waals surface area (Å²) in [5.41, 5.74) is 2.25. The molecule has 0 unspecified atom stereocenters. The number of rotatable bonds is 5. The lowest BCUT2D eigenvalue weighted by Gasteiger charge is -2.58. The van der Waals surface area contributed by atoms with Gasteiger partial charge in [0.25, 0.3) is 0 Å². The van der Waals surface area contributed by atoms with Crippen LogP contribution in [0.3, 0.4) is 0 Å². The van der Waals surface area contributed by atoms with Gasteiger partial charge in [0, 0.05) is 6.42 Å². The van der Waals surface area contributed by atoms with Crippen molar-refractivity contribution in [3.05, 3.63) is 12.2 Å². The fourth-order valence-corrected chi connectivity index (χ4v) is 5.66. The molecule has 0 radical (unpaired) electrons. The molecule has 1 N–H and O–H groups in total. The van der Waals surface area contributed by atoms with Crippen LogP contribution in [0.15, 0.2) is 12.2 Å². The van der Waals surface area contributed by atoms with Gasteiger partial charge in [0.1, 0.15) is 0 Å². The minimum atomic E-state index is -0.669. The van der Waals surface area contributed by atoms with Crippen molar-refractivity contribution in [3.8, 4) is 0 Å². The van der Waals surface area contributed by atoms with E-state index in [2.05, 4.69) is 34.3 Å². The Kier molecular flexibility index (Phi) is 5.09. The second-order valence-electron chi connectivity index (χ2n) is 8.93. The minimum Gasteiger partial charge on any atom is -0.481 e. The van der Waals surface area contributed by atoms with Crippen molar-refractivity contribution in [1.82, 2.24) is 0 Å². The number of fused-ring (bicyclic) bond motifs is 1. The molecule has 22 heavy (non-hydrogen) atoms. The topological polar surface area (TPSA) is 37.3 Å². The highest BCUT2D eigenvalue weighted by molar-refractivity contribution is 5.66. The molecule has 2 saturated carbocycles. The van der Waals surface area contributed by atoms with Gasteiger partial charge in [-0.2, -0.15) is 0 Å². The van der Waals surface area contributed by atoms with E-state index in [0.717, 1.165) is 18.8 Å². The van der Waals surface area contributed by atoms with Gasteiger partial charge in [-0.25, -0.2) is 0 Å². The van der Waals surface area contributed by atoms with Crippen LogP contribution < -0.4 is 0 Å². The van der Waals surface area contributed by atoms with Gasteiger partial charge in [0.2, 0.25) is 0 Å². The Labute approximate surface area is 136 Å². The molecule has 0 aromatic heterocycles. The zero-order chi connectivity index (χ0) is 16.5. The van der Waals surface area contributed by atoms with Crippen LogP contribution in [0.1, 0.15) is 79.1 Å². The molecule has 0 aliphatic heterocycles. The van der Waals surface area contributed by atoms with E-state index in [1.165, 1.54) is 37.7 Å². The maximum Gasteiger partial charge on any atom is 0.303 e. The minimum absolute atomic E-state index is 0.269. The molecule has 2 aliphatic rings. The first-order valence-electron chi connectivity index (χ1n) is 9.06. The van der Waals surface area contributed by atoms with Gasteiger partial charge >= 0.3 is 5.97 Å². The largest absolute Gasteiger partial charge is 0.481 e. The molecule has 2 fully saturated rings. The van der Waals surface area contributed by atoms with Gasteiger partial charge in [-0.15, -0.1) is 0 Å². The molecule has 2 heteroatoms. The van der Waals surface area contributed by atoms with E-state index in [1.54, 1.807) is 0 Å². The fraction of sp³-hybridized carbons (Fsp3) is 0.850. The maximum atomic E-state index is 10.9. The summed E-state index contributed by atoms with van der Waals surface area (Å²) < 4.78 is 0. The highest BCUT2D eigenvalue weighted by Crippen LogP contribution is 2.61. The second-order valence-corrected chi connectivity index (χ2v) is 8.93.